The third-order valence-electron chi connectivity index (χ3n) is 3.19. The number of hydrogen-bond donors (Lipinski definition) is 1. The van der Waals surface area contributed by atoms with Gasteiger partial charge in [-0.3, -0.25) is 0 Å². The molecule has 2 aromatic rings. The first-order chi connectivity index (χ1) is 8.31. The summed E-state index contributed by atoms with van der Waals surface area (Å²) in [4.78, 5) is 0. The molecular formula is C14H15N3. The fraction of sp³-hybridized carbons (Fsp3) is 0.286. The van der Waals surface area contributed by atoms with Crippen LogP contribution in [0.1, 0.15) is 16.7 Å². The summed E-state index contributed by atoms with van der Waals surface area (Å²) in [5, 5.41) is 11.5. The molecule has 0 atom stereocenters. The van der Waals surface area contributed by atoms with Crippen LogP contribution in [0.5, 0.6) is 0 Å². The summed E-state index contributed by atoms with van der Waals surface area (Å²) in [5.74, 6) is 0.878. The topological polar surface area (TPSA) is 37.8 Å². The molecule has 1 N–H and O–H groups in total. The molecule has 0 spiro atoms. The van der Waals surface area contributed by atoms with E-state index in [4.69, 9.17) is 0 Å². The Balaban J connectivity index is 1.74. The fourth-order valence-corrected chi connectivity index (χ4v) is 2.40. The van der Waals surface area contributed by atoms with E-state index < -0.39 is 0 Å². The number of aryl methyl sites for hydroxylation is 1. The molecule has 3 nitrogen and oxygen atoms in total. The first-order valence-corrected chi connectivity index (χ1v) is 5.94. The Hall–Kier alpha value is -1.90. The number of nitrogens with zero attached hydrogens (tertiary/aromatic N) is 2. The molecule has 86 valence electrons. The Labute approximate surface area is 101 Å². The number of hydrogen-bond acceptors (Lipinski definition) is 3. The number of fused-ring (bicyclic) bond motifs is 1. The van der Waals surface area contributed by atoms with Gasteiger partial charge >= 0.3 is 0 Å². The van der Waals surface area contributed by atoms with Crippen molar-refractivity contribution in [2.75, 3.05) is 5.32 Å². The summed E-state index contributed by atoms with van der Waals surface area (Å²) in [6, 6.07) is 11.1. The van der Waals surface area contributed by atoms with E-state index in [0.29, 0.717) is 6.04 Å². The van der Waals surface area contributed by atoms with Crippen molar-refractivity contribution >= 4 is 5.82 Å². The maximum atomic E-state index is 4.10. The number of aromatic nitrogens is 2. The third kappa shape index (κ3) is 2.13. The average molecular weight is 225 g/mol. The van der Waals surface area contributed by atoms with Crippen LogP contribution in [0, 0.1) is 6.92 Å². The minimum Gasteiger partial charge on any atom is -0.365 e. The average Bonchev–Trinajstić information content (AvgIpc) is 2.71. The van der Waals surface area contributed by atoms with Crippen LogP contribution >= 0.6 is 0 Å². The second kappa shape index (κ2) is 4.17. The van der Waals surface area contributed by atoms with Crippen molar-refractivity contribution in [1.29, 1.82) is 0 Å². The van der Waals surface area contributed by atoms with Gasteiger partial charge in [0.1, 0.15) is 5.82 Å². The molecule has 0 amide bonds. The highest BCUT2D eigenvalue weighted by atomic mass is 15.2. The summed E-state index contributed by atoms with van der Waals surface area (Å²) in [6.07, 6.45) is 3.92. The Morgan fingerprint density at radius 1 is 1.18 bits per heavy atom. The van der Waals surface area contributed by atoms with Crippen LogP contribution < -0.4 is 5.32 Å². The Bertz CT molecular complexity index is 511. The third-order valence-corrected chi connectivity index (χ3v) is 3.19. The second-order valence-electron chi connectivity index (χ2n) is 4.64. The first kappa shape index (κ1) is 10.3. The van der Waals surface area contributed by atoms with Crippen LogP contribution in [0.4, 0.5) is 5.82 Å². The fourth-order valence-electron chi connectivity index (χ4n) is 2.40. The lowest BCUT2D eigenvalue weighted by atomic mass is 10.1. The molecule has 0 saturated carbocycles. The second-order valence-corrected chi connectivity index (χ2v) is 4.64. The van der Waals surface area contributed by atoms with E-state index in [2.05, 4.69) is 39.8 Å². The Morgan fingerprint density at radius 3 is 2.53 bits per heavy atom. The highest BCUT2D eigenvalue weighted by Gasteiger charge is 2.20. The van der Waals surface area contributed by atoms with Crippen LogP contribution in [-0.4, -0.2) is 16.2 Å². The minimum atomic E-state index is 0.448. The monoisotopic (exact) mass is 225 g/mol. The summed E-state index contributed by atoms with van der Waals surface area (Å²) in [5.41, 5.74) is 4.04. The highest BCUT2D eigenvalue weighted by Crippen LogP contribution is 2.23. The smallest absolute Gasteiger partial charge is 0.149 e. The van der Waals surface area contributed by atoms with Crippen LogP contribution in [-0.2, 0) is 12.8 Å². The summed E-state index contributed by atoms with van der Waals surface area (Å²) in [6.45, 7) is 2.03. The van der Waals surface area contributed by atoms with Gasteiger partial charge < -0.3 is 5.32 Å². The van der Waals surface area contributed by atoms with Crippen molar-refractivity contribution in [3.05, 3.63) is 53.2 Å². The molecule has 0 bridgehead atoms. The van der Waals surface area contributed by atoms with Crippen molar-refractivity contribution in [2.45, 2.75) is 25.8 Å². The zero-order valence-electron chi connectivity index (χ0n) is 9.85. The summed E-state index contributed by atoms with van der Waals surface area (Å²) >= 11 is 0. The Morgan fingerprint density at radius 2 is 1.88 bits per heavy atom. The Kier molecular flexibility index (Phi) is 2.52. The summed E-state index contributed by atoms with van der Waals surface area (Å²) in [7, 11) is 0. The van der Waals surface area contributed by atoms with Crippen molar-refractivity contribution in [2.24, 2.45) is 0 Å². The van der Waals surface area contributed by atoms with Crippen LogP contribution in [0.2, 0.25) is 0 Å². The van der Waals surface area contributed by atoms with Gasteiger partial charge in [-0.2, -0.15) is 5.10 Å². The van der Waals surface area contributed by atoms with Gasteiger partial charge in [0.15, 0.2) is 0 Å². The van der Waals surface area contributed by atoms with E-state index in [1.165, 1.54) is 11.1 Å². The van der Waals surface area contributed by atoms with Crippen molar-refractivity contribution in [3.8, 4) is 0 Å². The van der Waals surface area contributed by atoms with E-state index >= 15 is 0 Å². The van der Waals surface area contributed by atoms with Gasteiger partial charge in [-0.05, 0) is 42.5 Å². The van der Waals surface area contributed by atoms with Gasteiger partial charge in [0, 0.05) is 6.04 Å². The quantitative estimate of drug-likeness (QED) is 0.852. The van der Waals surface area contributed by atoms with E-state index in [1.54, 1.807) is 6.20 Å². The lowest BCUT2D eigenvalue weighted by Crippen LogP contribution is -2.20. The molecule has 1 aliphatic rings. The largest absolute Gasteiger partial charge is 0.365 e. The molecule has 0 unspecified atom stereocenters. The van der Waals surface area contributed by atoms with Crippen LogP contribution in [0.15, 0.2) is 36.5 Å². The molecule has 1 aromatic carbocycles. The number of benzene rings is 1. The van der Waals surface area contributed by atoms with Gasteiger partial charge in [-0.1, -0.05) is 24.3 Å². The van der Waals surface area contributed by atoms with E-state index in [-0.39, 0.29) is 0 Å². The molecule has 0 aliphatic heterocycles. The molecule has 0 saturated heterocycles. The number of rotatable bonds is 2. The lowest BCUT2D eigenvalue weighted by molar-refractivity contribution is 0.763. The molecule has 3 heteroatoms. The van der Waals surface area contributed by atoms with Crippen LogP contribution in [0.25, 0.3) is 0 Å². The molecule has 0 radical (unpaired) electrons. The van der Waals surface area contributed by atoms with Crippen molar-refractivity contribution < 1.29 is 0 Å². The molecular weight excluding hydrogens is 210 g/mol. The normalized spacial score (nSPS) is 14.6. The van der Waals surface area contributed by atoms with Crippen molar-refractivity contribution in [1.82, 2.24) is 10.2 Å². The molecule has 1 aromatic heterocycles. The van der Waals surface area contributed by atoms with Gasteiger partial charge in [-0.25, -0.2) is 0 Å². The maximum absolute atomic E-state index is 4.10. The van der Waals surface area contributed by atoms with Gasteiger partial charge in [-0.15, -0.1) is 5.10 Å². The molecule has 3 rings (SSSR count). The number of nitrogens with one attached hydrogen (secondary N) is 1. The first-order valence-electron chi connectivity index (χ1n) is 5.94. The highest BCUT2D eigenvalue weighted by molar-refractivity contribution is 5.41. The summed E-state index contributed by atoms with van der Waals surface area (Å²) < 4.78 is 0. The van der Waals surface area contributed by atoms with E-state index in [0.717, 1.165) is 24.2 Å². The van der Waals surface area contributed by atoms with Gasteiger partial charge in [0.05, 0.1) is 6.20 Å². The molecule has 0 fully saturated rings. The zero-order chi connectivity index (χ0) is 11.7. The number of anilines is 1. The standard InChI is InChI=1S/C14H15N3/c1-10-6-14(17-15-9-10)16-13-7-11-4-2-3-5-12(11)8-13/h2-6,9,13H,7-8H2,1H3,(H,16,17). The van der Waals surface area contributed by atoms with E-state index in [1.807, 2.05) is 13.0 Å². The predicted octanol–water partition coefficient (Wildman–Crippen LogP) is 2.36. The minimum absolute atomic E-state index is 0.448. The van der Waals surface area contributed by atoms with Crippen LogP contribution in [0.3, 0.4) is 0 Å². The van der Waals surface area contributed by atoms with E-state index in [9.17, 15) is 0 Å². The predicted molar refractivity (Wildman–Crippen MR) is 68.0 cm³/mol. The SMILES string of the molecule is Cc1cnnc(NC2Cc3ccccc3C2)c1. The van der Waals surface area contributed by atoms with Crippen molar-refractivity contribution in [3.63, 3.8) is 0 Å². The maximum Gasteiger partial charge on any atom is 0.149 e. The molecule has 1 aliphatic carbocycles. The lowest BCUT2D eigenvalue weighted by Gasteiger charge is -2.12. The molecule has 1 heterocycles. The van der Waals surface area contributed by atoms with Gasteiger partial charge in [0.2, 0.25) is 0 Å². The molecule has 17 heavy (non-hydrogen) atoms. The zero-order valence-corrected chi connectivity index (χ0v) is 9.85. The van der Waals surface area contributed by atoms with Gasteiger partial charge in [0.25, 0.3) is 0 Å².